The van der Waals surface area contributed by atoms with Crippen LogP contribution in [0.1, 0.15) is 37.6 Å². The molecule has 25 heavy (non-hydrogen) atoms. The molecule has 0 unspecified atom stereocenters. The van der Waals surface area contributed by atoms with Crippen molar-refractivity contribution in [1.82, 2.24) is 24.5 Å². The molecule has 6 nitrogen and oxygen atoms in total. The Hall–Kier alpha value is -1.73. The monoisotopic (exact) mass is 358 g/mol. The van der Waals surface area contributed by atoms with Crippen molar-refractivity contribution in [3.63, 3.8) is 0 Å². The fourth-order valence-corrected chi connectivity index (χ4v) is 4.95. The lowest BCUT2D eigenvalue weighted by Gasteiger charge is -2.18. The molecular weight excluding hydrogens is 332 g/mol. The molecule has 0 amide bonds. The van der Waals surface area contributed by atoms with Crippen molar-refractivity contribution in [2.24, 2.45) is 5.92 Å². The predicted octanol–water partition coefficient (Wildman–Crippen LogP) is 3.22. The number of likely N-dealkylation sites (N-methyl/N-ethyl adjacent to an activating group) is 1. The molecule has 0 aliphatic heterocycles. The highest BCUT2D eigenvalue weighted by molar-refractivity contribution is 7.19. The molecule has 0 spiro atoms. The molecule has 1 N–H and O–H groups in total. The van der Waals surface area contributed by atoms with Crippen LogP contribution in [-0.2, 0) is 12.8 Å². The number of anilines is 1. The minimum atomic E-state index is 0.736. The van der Waals surface area contributed by atoms with Crippen LogP contribution < -0.4 is 5.32 Å². The highest BCUT2D eigenvalue weighted by Crippen LogP contribution is 2.39. The van der Waals surface area contributed by atoms with E-state index < -0.39 is 0 Å². The Balaban J connectivity index is 1.70. The maximum atomic E-state index is 4.90. The Bertz CT molecular complexity index is 879. The van der Waals surface area contributed by atoms with Gasteiger partial charge in [-0.05, 0) is 43.8 Å². The number of nitrogens with one attached hydrogen (secondary N) is 1. The van der Waals surface area contributed by atoms with Gasteiger partial charge in [0, 0.05) is 18.0 Å². The first-order valence-corrected chi connectivity index (χ1v) is 10.1. The number of aryl methyl sites for hydroxylation is 1. The van der Waals surface area contributed by atoms with Crippen LogP contribution in [0, 0.1) is 5.92 Å². The first-order valence-electron chi connectivity index (χ1n) is 9.31. The van der Waals surface area contributed by atoms with E-state index in [1.165, 1.54) is 28.7 Å². The van der Waals surface area contributed by atoms with E-state index in [2.05, 4.69) is 41.1 Å². The summed E-state index contributed by atoms with van der Waals surface area (Å²) in [4.78, 5) is 14.5. The molecule has 3 heterocycles. The third-order valence-corrected chi connectivity index (χ3v) is 6.46. The number of hydrogen-bond acceptors (Lipinski definition) is 6. The molecule has 0 saturated heterocycles. The number of thiophene rings is 1. The number of fused-ring (bicyclic) bond motifs is 5. The van der Waals surface area contributed by atoms with Gasteiger partial charge in [0.05, 0.1) is 5.39 Å². The molecular formula is C18H26N6S. The molecule has 0 aromatic carbocycles. The molecule has 0 radical (unpaired) electrons. The van der Waals surface area contributed by atoms with Crippen molar-refractivity contribution in [3.05, 3.63) is 16.8 Å². The Morgan fingerprint density at radius 2 is 2.20 bits per heavy atom. The molecule has 134 valence electrons. The second-order valence-electron chi connectivity index (χ2n) is 6.92. The van der Waals surface area contributed by atoms with Gasteiger partial charge in [0.15, 0.2) is 5.65 Å². The standard InChI is InChI=1S/C18H26N6S/c1-4-23(5-2)9-8-19-18-22-17-15(16-20-11-21-24(16)18)13-10-12(3)6-7-14(13)25-17/h11-12H,4-10H2,1-3H3,(H,19,22)/t12-/m0/s1. The van der Waals surface area contributed by atoms with Gasteiger partial charge < -0.3 is 10.2 Å². The zero-order chi connectivity index (χ0) is 17.4. The van der Waals surface area contributed by atoms with E-state index in [1.54, 1.807) is 6.33 Å². The molecule has 1 aliphatic carbocycles. The van der Waals surface area contributed by atoms with Gasteiger partial charge in [-0.2, -0.15) is 9.61 Å². The van der Waals surface area contributed by atoms with Crippen LogP contribution in [0.3, 0.4) is 0 Å². The van der Waals surface area contributed by atoms with Crippen LogP contribution in [-0.4, -0.2) is 50.7 Å². The van der Waals surface area contributed by atoms with Gasteiger partial charge in [0.2, 0.25) is 5.95 Å². The van der Waals surface area contributed by atoms with Crippen LogP contribution in [0.25, 0.3) is 15.9 Å². The largest absolute Gasteiger partial charge is 0.353 e. The van der Waals surface area contributed by atoms with Gasteiger partial charge in [-0.25, -0.2) is 9.97 Å². The summed E-state index contributed by atoms with van der Waals surface area (Å²) in [6.07, 6.45) is 5.22. The van der Waals surface area contributed by atoms with Crippen LogP contribution >= 0.6 is 11.3 Å². The maximum absolute atomic E-state index is 4.90. The Labute approximate surface area is 152 Å². The molecule has 1 atom stereocenters. The lowest BCUT2D eigenvalue weighted by atomic mass is 9.89. The zero-order valence-electron chi connectivity index (χ0n) is 15.2. The third kappa shape index (κ3) is 3.00. The van der Waals surface area contributed by atoms with Gasteiger partial charge in [-0.1, -0.05) is 20.8 Å². The number of hydrogen-bond donors (Lipinski definition) is 1. The highest BCUT2D eigenvalue weighted by atomic mass is 32.1. The summed E-state index contributed by atoms with van der Waals surface area (Å²) in [5.41, 5.74) is 2.40. The van der Waals surface area contributed by atoms with Gasteiger partial charge in [0.1, 0.15) is 11.2 Å². The summed E-state index contributed by atoms with van der Waals surface area (Å²) in [5, 5.41) is 9.12. The van der Waals surface area contributed by atoms with Gasteiger partial charge in [-0.15, -0.1) is 11.3 Å². The van der Waals surface area contributed by atoms with E-state index in [9.17, 15) is 0 Å². The Kier molecular flexibility index (Phi) is 4.60. The first kappa shape index (κ1) is 16.7. The summed E-state index contributed by atoms with van der Waals surface area (Å²) >= 11 is 1.84. The average molecular weight is 359 g/mol. The van der Waals surface area contributed by atoms with E-state index in [1.807, 2.05) is 15.9 Å². The fourth-order valence-electron chi connectivity index (χ4n) is 3.74. The number of nitrogens with zero attached hydrogens (tertiary/aromatic N) is 5. The minimum Gasteiger partial charge on any atom is -0.353 e. The van der Waals surface area contributed by atoms with Gasteiger partial charge in [-0.3, -0.25) is 0 Å². The lowest BCUT2D eigenvalue weighted by molar-refractivity contribution is 0.315. The average Bonchev–Trinajstić information content (AvgIpc) is 3.22. The van der Waals surface area contributed by atoms with Crippen LogP contribution in [0.5, 0.6) is 0 Å². The molecule has 3 aromatic rings. The summed E-state index contributed by atoms with van der Waals surface area (Å²) in [5.74, 6) is 1.54. The summed E-state index contributed by atoms with van der Waals surface area (Å²) < 4.78 is 1.87. The number of aromatic nitrogens is 4. The molecule has 4 rings (SSSR count). The zero-order valence-corrected chi connectivity index (χ0v) is 16.1. The Morgan fingerprint density at radius 3 is 3.00 bits per heavy atom. The van der Waals surface area contributed by atoms with Crippen LogP contribution in [0.4, 0.5) is 5.95 Å². The van der Waals surface area contributed by atoms with Gasteiger partial charge in [0.25, 0.3) is 0 Å². The normalized spacial score (nSPS) is 17.5. The van der Waals surface area contributed by atoms with Gasteiger partial charge >= 0.3 is 0 Å². The SMILES string of the molecule is CCN(CC)CCNc1nc2sc3c(c2c2ncnn12)C[C@@H](C)CC3. The van der Waals surface area contributed by atoms with Crippen LogP contribution in [0.15, 0.2) is 6.33 Å². The smallest absolute Gasteiger partial charge is 0.227 e. The molecule has 7 heteroatoms. The van der Waals surface area contributed by atoms with E-state index >= 15 is 0 Å². The minimum absolute atomic E-state index is 0.736. The van der Waals surface area contributed by atoms with E-state index in [4.69, 9.17) is 4.98 Å². The Morgan fingerprint density at radius 1 is 1.36 bits per heavy atom. The fraction of sp³-hybridized carbons (Fsp3) is 0.611. The quantitative estimate of drug-likeness (QED) is 0.733. The summed E-state index contributed by atoms with van der Waals surface area (Å²) in [6, 6.07) is 0. The van der Waals surface area contributed by atoms with Crippen molar-refractivity contribution in [1.29, 1.82) is 0 Å². The predicted molar refractivity (Wildman–Crippen MR) is 104 cm³/mol. The van der Waals surface area contributed by atoms with E-state index in [0.29, 0.717) is 0 Å². The van der Waals surface area contributed by atoms with E-state index in [0.717, 1.165) is 54.9 Å². The maximum Gasteiger partial charge on any atom is 0.227 e. The van der Waals surface area contributed by atoms with Crippen molar-refractivity contribution in [3.8, 4) is 0 Å². The second kappa shape index (κ2) is 6.88. The molecule has 0 fully saturated rings. The van der Waals surface area contributed by atoms with Crippen molar-refractivity contribution < 1.29 is 0 Å². The van der Waals surface area contributed by atoms with Crippen molar-refractivity contribution >= 4 is 33.1 Å². The van der Waals surface area contributed by atoms with Crippen LogP contribution in [0.2, 0.25) is 0 Å². The number of rotatable bonds is 6. The third-order valence-electron chi connectivity index (χ3n) is 5.27. The molecule has 1 aliphatic rings. The molecule has 3 aromatic heterocycles. The highest BCUT2D eigenvalue weighted by Gasteiger charge is 2.24. The van der Waals surface area contributed by atoms with Crippen molar-refractivity contribution in [2.75, 3.05) is 31.5 Å². The summed E-state index contributed by atoms with van der Waals surface area (Å²) in [6.45, 7) is 10.7. The first-order chi connectivity index (χ1) is 12.2. The molecule has 0 bridgehead atoms. The molecule has 0 saturated carbocycles. The van der Waals surface area contributed by atoms with Crippen molar-refractivity contribution in [2.45, 2.75) is 40.0 Å². The summed E-state index contributed by atoms with van der Waals surface area (Å²) in [7, 11) is 0. The van der Waals surface area contributed by atoms with E-state index in [-0.39, 0.29) is 0 Å². The lowest BCUT2D eigenvalue weighted by Crippen LogP contribution is -2.29. The second-order valence-corrected chi connectivity index (χ2v) is 8.00. The topological polar surface area (TPSA) is 58.3 Å².